The Hall–Kier alpha value is -0.420. The lowest BCUT2D eigenvalue weighted by Crippen LogP contribution is -2.32. The fourth-order valence-corrected chi connectivity index (χ4v) is 3.58. The summed E-state index contributed by atoms with van der Waals surface area (Å²) in [5.74, 6) is 0.907. The van der Waals surface area contributed by atoms with E-state index in [1.807, 2.05) is 0 Å². The van der Waals surface area contributed by atoms with E-state index in [1.165, 1.54) is 0 Å². The van der Waals surface area contributed by atoms with Crippen molar-refractivity contribution >= 4 is 15.6 Å². The molecule has 18 heavy (non-hydrogen) atoms. The summed E-state index contributed by atoms with van der Waals surface area (Å²) in [6.07, 6.45) is 5.08. The number of rotatable bonds is 7. The Kier molecular flexibility index (Phi) is 6.29. The molecule has 1 fully saturated rings. The zero-order valence-electron chi connectivity index (χ0n) is 11.2. The number of sulfone groups is 1. The van der Waals surface area contributed by atoms with Crippen LogP contribution < -0.4 is 5.73 Å². The summed E-state index contributed by atoms with van der Waals surface area (Å²) >= 11 is 0. The normalized spacial score (nSPS) is 25.0. The molecule has 2 N–H and O–H groups in total. The summed E-state index contributed by atoms with van der Waals surface area (Å²) in [7, 11) is -2.94. The first-order chi connectivity index (χ1) is 8.50. The van der Waals surface area contributed by atoms with E-state index in [1.54, 1.807) is 6.92 Å². The standard InChI is InChI=1S/C13H25NO3S/c1-2-18(16,17)9-5-8-13(15)12-7-4-3-6-11(12)10-14/h11-12H,2-10,14H2,1H3. The minimum absolute atomic E-state index is 0.0769. The zero-order chi connectivity index (χ0) is 13.6. The molecule has 4 nitrogen and oxygen atoms in total. The largest absolute Gasteiger partial charge is 0.330 e. The Morgan fingerprint density at radius 3 is 2.56 bits per heavy atom. The predicted molar refractivity (Wildman–Crippen MR) is 73.1 cm³/mol. The summed E-state index contributed by atoms with van der Waals surface area (Å²) in [5, 5.41) is 0. The van der Waals surface area contributed by atoms with E-state index in [9.17, 15) is 13.2 Å². The van der Waals surface area contributed by atoms with Crippen LogP contribution in [-0.2, 0) is 14.6 Å². The van der Waals surface area contributed by atoms with Crippen molar-refractivity contribution in [3.8, 4) is 0 Å². The molecule has 1 aliphatic rings. The third-order valence-electron chi connectivity index (χ3n) is 3.94. The molecule has 0 aromatic rings. The van der Waals surface area contributed by atoms with Crippen LogP contribution in [-0.4, -0.2) is 32.3 Å². The molecule has 0 bridgehead atoms. The van der Waals surface area contributed by atoms with Gasteiger partial charge in [0.25, 0.3) is 0 Å². The molecule has 0 spiro atoms. The molecule has 1 aliphatic carbocycles. The summed E-state index contributed by atoms with van der Waals surface area (Å²) in [5.41, 5.74) is 5.70. The third kappa shape index (κ3) is 4.69. The van der Waals surface area contributed by atoms with E-state index in [-0.39, 0.29) is 23.2 Å². The molecule has 0 aromatic carbocycles. The first-order valence-electron chi connectivity index (χ1n) is 6.93. The number of ketones is 1. The van der Waals surface area contributed by atoms with Gasteiger partial charge in [0, 0.05) is 18.1 Å². The van der Waals surface area contributed by atoms with Gasteiger partial charge in [0.05, 0.1) is 5.75 Å². The fourth-order valence-electron chi connectivity index (χ4n) is 2.71. The van der Waals surface area contributed by atoms with Gasteiger partial charge in [-0.15, -0.1) is 0 Å². The van der Waals surface area contributed by atoms with Crippen LogP contribution in [0.5, 0.6) is 0 Å². The molecule has 5 heteroatoms. The van der Waals surface area contributed by atoms with E-state index in [0.29, 0.717) is 25.3 Å². The van der Waals surface area contributed by atoms with Gasteiger partial charge < -0.3 is 5.73 Å². The van der Waals surface area contributed by atoms with E-state index >= 15 is 0 Å². The van der Waals surface area contributed by atoms with Crippen LogP contribution in [0.3, 0.4) is 0 Å². The van der Waals surface area contributed by atoms with Gasteiger partial charge in [-0.1, -0.05) is 19.8 Å². The van der Waals surface area contributed by atoms with Crippen LogP contribution >= 0.6 is 0 Å². The summed E-state index contributed by atoms with van der Waals surface area (Å²) in [6, 6.07) is 0. The second-order valence-electron chi connectivity index (χ2n) is 5.19. The molecule has 2 atom stereocenters. The number of carbonyl (C=O) groups is 1. The average Bonchev–Trinajstić information content (AvgIpc) is 2.38. The maximum Gasteiger partial charge on any atom is 0.150 e. The Morgan fingerprint density at radius 1 is 1.28 bits per heavy atom. The highest BCUT2D eigenvalue weighted by atomic mass is 32.2. The van der Waals surface area contributed by atoms with Crippen molar-refractivity contribution in [1.29, 1.82) is 0 Å². The highest BCUT2D eigenvalue weighted by Gasteiger charge is 2.29. The Morgan fingerprint density at radius 2 is 1.94 bits per heavy atom. The number of carbonyl (C=O) groups excluding carboxylic acids is 1. The van der Waals surface area contributed by atoms with Gasteiger partial charge in [-0.05, 0) is 31.7 Å². The van der Waals surface area contributed by atoms with Gasteiger partial charge in [0.2, 0.25) is 0 Å². The lowest BCUT2D eigenvalue weighted by atomic mass is 9.76. The smallest absolute Gasteiger partial charge is 0.150 e. The summed E-state index contributed by atoms with van der Waals surface area (Å²) in [4.78, 5) is 12.1. The second-order valence-corrected chi connectivity index (χ2v) is 7.67. The topological polar surface area (TPSA) is 77.2 Å². The van der Waals surface area contributed by atoms with Gasteiger partial charge in [0.15, 0.2) is 0 Å². The maximum atomic E-state index is 12.1. The van der Waals surface area contributed by atoms with Crippen molar-refractivity contribution in [3.05, 3.63) is 0 Å². The number of nitrogens with two attached hydrogens (primary N) is 1. The first-order valence-corrected chi connectivity index (χ1v) is 8.75. The summed E-state index contributed by atoms with van der Waals surface area (Å²) in [6.45, 7) is 2.21. The lowest BCUT2D eigenvalue weighted by Gasteiger charge is -2.29. The van der Waals surface area contributed by atoms with E-state index < -0.39 is 9.84 Å². The molecule has 0 aromatic heterocycles. The Balaban J connectivity index is 2.40. The van der Waals surface area contributed by atoms with Crippen molar-refractivity contribution in [2.24, 2.45) is 17.6 Å². The lowest BCUT2D eigenvalue weighted by molar-refractivity contribution is -0.125. The second kappa shape index (κ2) is 7.24. The van der Waals surface area contributed by atoms with Crippen molar-refractivity contribution in [3.63, 3.8) is 0 Å². The monoisotopic (exact) mass is 275 g/mol. The molecule has 0 radical (unpaired) electrons. The quantitative estimate of drug-likeness (QED) is 0.764. The molecule has 106 valence electrons. The van der Waals surface area contributed by atoms with Crippen LogP contribution in [0.15, 0.2) is 0 Å². The Bertz CT molecular complexity index is 364. The van der Waals surface area contributed by atoms with E-state index in [2.05, 4.69) is 0 Å². The van der Waals surface area contributed by atoms with E-state index in [0.717, 1.165) is 25.7 Å². The molecular formula is C13H25NO3S. The number of hydrogen-bond acceptors (Lipinski definition) is 4. The minimum atomic E-state index is -2.94. The van der Waals surface area contributed by atoms with Crippen LogP contribution in [0.2, 0.25) is 0 Å². The van der Waals surface area contributed by atoms with Crippen molar-refractivity contribution in [2.75, 3.05) is 18.1 Å². The molecule has 0 heterocycles. The zero-order valence-corrected chi connectivity index (χ0v) is 12.0. The highest BCUT2D eigenvalue weighted by molar-refractivity contribution is 7.91. The van der Waals surface area contributed by atoms with Gasteiger partial charge in [-0.25, -0.2) is 8.42 Å². The van der Waals surface area contributed by atoms with Gasteiger partial charge in [-0.3, -0.25) is 4.79 Å². The van der Waals surface area contributed by atoms with Crippen molar-refractivity contribution in [1.82, 2.24) is 0 Å². The van der Waals surface area contributed by atoms with Crippen molar-refractivity contribution < 1.29 is 13.2 Å². The van der Waals surface area contributed by atoms with Crippen LogP contribution in [0.1, 0.15) is 45.4 Å². The van der Waals surface area contributed by atoms with Crippen molar-refractivity contribution in [2.45, 2.75) is 45.4 Å². The fraction of sp³-hybridized carbons (Fsp3) is 0.923. The molecule has 0 amide bonds. The molecular weight excluding hydrogens is 250 g/mol. The SMILES string of the molecule is CCS(=O)(=O)CCCC(=O)C1CCCCC1CN. The highest BCUT2D eigenvalue weighted by Crippen LogP contribution is 2.30. The minimum Gasteiger partial charge on any atom is -0.330 e. The third-order valence-corrected chi connectivity index (χ3v) is 5.73. The molecule has 0 saturated heterocycles. The maximum absolute atomic E-state index is 12.1. The van der Waals surface area contributed by atoms with Gasteiger partial charge >= 0.3 is 0 Å². The van der Waals surface area contributed by atoms with Gasteiger partial charge in [-0.2, -0.15) is 0 Å². The Labute approximate surface area is 110 Å². The number of Topliss-reactive ketones (excluding diaryl/α,β-unsaturated/α-hetero) is 1. The van der Waals surface area contributed by atoms with Crippen LogP contribution in [0.25, 0.3) is 0 Å². The van der Waals surface area contributed by atoms with Gasteiger partial charge in [0.1, 0.15) is 15.6 Å². The predicted octanol–water partition coefficient (Wildman–Crippen LogP) is 1.54. The van der Waals surface area contributed by atoms with Crippen LogP contribution in [0, 0.1) is 11.8 Å². The molecule has 1 saturated carbocycles. The van der Waals surface area contributed by atoms with E-state index in [4.69, 9.17) is 5.73 Å². The molecule has 0 aliphatic heterocycles. The molecule has 1 rings (SSSR count). The number of hydrogen-bond donors (Lipinski definition) is 1. The average molecular weight is 275 g/mol. The summed E-state index contributed by atoms with van der Waals surface area (Å²) < 4.78 is 22.7. The first kappa shape index (κ1) is 15.6. The molecule has 2 unspecified atom stereocenters. The van der Waals surface area contributed by atoms with Crippen LogP contribution in [0.4, 0.5) is 0 Å².